The summed E-state index contributed by atoms with van der Waals surface area (Å²) in [5.74, 6) is -3.27. The number of rotatable bonds is 4. The molecule has 0 radical (unpaired) electrons. The molecule has 0 N–H and O–H groups in total. The summed E-state index contributed by atoms with van der Waals surface area (Å²) in [5, 5.41) is 0.893. The molecular weight excluding hydrogens is 424 g/mol. The van der Waals surface area contributed by atoms with E-state index in [1.54, 1.807) is 42.7 Å². The highest BCUT2D eigenvalue weighted by molar-refractivity contribution is 6.01. The lowest BCUT2D eigenvalue weighted by molar-refractivity contribution is -0.131. The van der Waals surface area contributed by atoms with Gasteiger partial charge in [0.05, 0.1) is 12.1 Å². The fourth-order valence-electron chi connectivity index (χ4n) is 4.06. The Morgan fingerprint density at radius 2 is 1.73 bits per heavy atom. The minimum atomic E-state index is -3.07. The zero-order chi connectivity index (χ0) is 22.8. The molecule has 1 fully saturated rings. The normalized spacial score (nSPS) is 17.6. The van der Waals surface area contributed by atoms with Crippen LogP contribution in [0.1, 0.15) is 16.8 Å². The third-order valence-electron chi connectivity index (χ3n) is 5.84. The van der Waals surface area contributed by atoms with E-state index in [1.165, 1.54) is 4.90 Å². The first-order chi connectivity index (χ1) is 16.0. The number of benzene rings is 2. The zero-order valence-corrected chi connectivity index (χ0v) is 17.7. The van der Waals surface area contributed by atoms with E-state index in [2.05, 4.69) is 9.97 Å². The smallest absolute Gasteiger partial charge is 0.287 e. The summed E-state index contributed by atoms with van der Waals surface area (Å²) >= 11 is 0. The van der Waals surface area contributed by atoms with Crippen molar-refractivity contribution in [1.29, 1.82) is 0 Å². The second kappa shape index (κ2) is 8.58. The first-order valence-corrected chi connectivity index (χ1v) is 10.7. The number of hydrogen-bond donors (Lipinski definition) is 0. The third kappa shape index (κ3) is 4.26. The zero-order valence-electron chi connectivity index (χ0n) is 17.7. The minimum absolute atomic E-state index is 0.0540. The Morgan fingerprint density at radius 1 is 0.970 bits per heavy atom. The lowest BCUT2D eigenvalue weighted by Gasteiger charge is -2.38. The van der Waals surface area contributed by atoms with Crippen LogP contribution < -0.4 is 4.74 Å². The lowest BCUT2D eigenvalue weighted by atomic mass is 9.97. The summed E-state index contributed by atoms with van der Waals surface area (Å²) < 4.78 is 35.2. The van der Waals surface area contributed by atoms with Crippen molar-refractivity contribution >= 4 is 16.8 Å². The highest BCUT2D eigenvalue weighted by atomic mass is 19.3. The quantitative estimate of drug-likeness (QED) is 0.432. The Balaban J connectivity index is 1.40. The van der Waals surface area contributed by atoms with Crippen LogP contribution in [0.25, 0.3) is 22.0 Å². The average Bonchev–Trinajstić information content (AvgIpc) is 2.85. The van der Waals surface area contributed by atoms with Gasteiger partial charge in [0.15, 0.2) is 6.10 Å². The highest BCUT2D eigenvalue weighted by Gasteiger charge is 2.47. The van der Waals surface area contributed by atoms with Gasteiger partial charge in [0.2, 0.25) is 5.88 Å². The molecule has 0 saturated carbocycles. The molecule has 2 aromatic heterocycles. The number of nitrogens with zero attached hydrogens (tertiary/aromatic N) is 3. The number of pyridine rings is 2. The van der Waals surface area contributed by atoms with Gasteiger partial charge in [-0.1, -0.05) is 36.4 Å². The Kier molecular flexibility index (Phi) is 5.46. The lowest BCUT2D eigenvalue weighted by Crippen LogP contribution is -2.55. The molecule has 2 aromatic carbocycles. The van der Waals surface area contributed by atoms with Crippen molar-refractivity contribution in [3.05, 3.63) is 90.8 Å². The van der Waals surface area contributed by atoms with Crippen LogP contribution in [0.15, 0.2) is 85.2 Å². The van der Waals surface area contributed by atoms with Crippen LogP contribution in [-0.4, -0.2) is 45.9 Å². The molecule has 166 valence electrons. The SMILES string of the molecule is O=C(c1ccccc1-c1ccncc1)N1CCC(F)(F)C(Oc2ccc3ccccc3n2)C1. The number of hydrogen-bond acceptors (Lipinski definition) is 4. The monoisotopic (exact) mass is 445 g/mol. The molecule has 7 heteroatoms. The number of aromatic nitrogens is 2. The van der Waals surface area contributed by atoms with Gasteiger partial charge in [-0.3, -0.25) is 9.78 Å². The summed E-state index contributed by atoms with van der Waals surface area (Å²) in [6, 6.07) is 21.6. The molecule has 1 amide bonds. The van der Waals surface area contributed by atoms with E-state index in [4.69, 9.17) is 4.74 Å². The molecule has 5 nitrogen and oxygen atoms in total. The number of piperidine rings is 1. The van der Waals surface area contributed by atoms with E-state index in [-0.39, 0.29) is 24.9 Å². The van der Waals surface area contributed by atoms with Crippen LogP contribution in [0.3, 0.4) is 0 Å². The minimum Gasteiger partial charge on any atom is -0.466 e. The van der Waals surface area contributed by atoms with Gasteiger partial charge < -0.3 is 9.64 Å². The number of halogens is 2. The molecule has 1 aliphatic heterocycles. The number of fused-ring (bicyclic) bond motifs is 1. The van der Waals surface area contributed by atoms with Gasteiger partial charge in [-0.2, -0.15) is 0 Å². The molecular formula is C26H21F2N3O2. The van der Waals surface area contributed by atoms with Crippen LogP contribution in [-0.2, 0) is 0 Å². The number of carbonyl (C=O) groups is 1. The van der Waals surface area contributed by atoms with Gasteiger partial charge in [0.1, 0.15) is 0 Å². The van der Waals surface area contributed by atoms with Crippen molar-refractivity contribution in [3.8, 4) is 17.0 Å². The van der Waals surface area contributed by atoms with Crippen molar-refractivity contribution in [2.45, 2.75) is 18.4 Å². The molecule has 1 aliphatic rings. The molecule has 1 atom stereocenters. The van der Waals surface area contributed by atoms with Gasteiger partial charge in [-0.25, -0.2) is 13.8 Å². The van der Waals surface area contributed by atoms with Crippen LogP contribution in [0.4, 0.5) is 8.78 Å². The fraction of sp³-hybridized carbons (Fsp3) is 0.192. The van der Waals surface area contributed by atoms with Crippen LogP contribution in [0.2, 0.25) is 0 Å². The van der Waals surface area contributed by atoms with Crippen molar-refractivity contribution in [2.24, 2.45) is 0 Å². The summed E-state index contributed by atoms with van der Waals surface area (Å²) in [5.41, 5.74) is 2.69. The molecule has 5 rings (SSSR count). The van der Waals surface area contributed by atoms with E-state index in [0.717, 1.165) is 16.5 Å². The van der Waals surface area contributed by atoms with Crippen molar-refractivity contribution in [2.75, 3.05) is 13.1 Å². The van der Waals surface area contributed by atoms with E-state index in [0.29, 0.717) is 11.1 Å². The Morgan fingerprint density at radius 3 is 2.58 bits per heavy atom. The Bertz CT molecular complexity index is 1300. The largest absolute Gasteiger partial charge is 0.466 e. The van der Waals surface area contributed by atoms with Gasteiger partial charge >= 0.3 is 0 Å². The maximum absolute atomic E-state index is 14.8. The molecule has 33 heavy (non-hydrogen) atoms. The number of para-hydroxylation sites is 1. The first kappa shape index (κ1) is 21.0. The standard InChI is InChI=1S/C26H21F2N3O2/c27-26(28)13-16-31(17-23(26)33-24-10-9-19-5-1-4-8-22(19)30-24)25(32)21-7-3-2-6-20(21)18-11-14-29-15-12-18/h1-12,14-15,23H,13,16-17H2. The second-order valence-electron chi connectivity index (χ2n) is 7.99. The Labute approximate surface area is 189 Å². The molecule has 1 saturated heterocycles. The summed E-state index contributed by atoms with van der Waals surface area (Å²) in [6.45, 7) is -0.285. The van der Waals surface area contributed by atoms with E-state index >= 15 is 0 Å². The molecule has 0 aliphatic carbocycles. The number of amides is 1. The molecule has 1 unspecified atom stereocenters. The van der Waals surface area contributed by atoms with E-state index in [1.807, 2.05) is 42.5 Å². The molecule has 0 spiro atoms. The first-order valence-electron chi connectivity index (χ1n) is 10.7. The van der Waals surface area contributed by atoms with Gasteiger partial charge in [-0.05, 0) is 41.5 Å². The predicted molar refractivity (Wildman–Crippen MR) is 121 cm³/mol. The summed E-state index contributed by atoms with van der Waals surface area (Å²) in [4.78, 5) is 23.2. The maximum Gasteiger partial charge on any atom is 0.287 e. The van der Waals surface area contributed by atoms with E-state index < -0.39 is 18.4 Å². The van der Waals surface area contributed by atoms with Gasteiger partial charge in [-0.15, -0.1) is 0 Å². The topological polar surface area (TPSA) is 55.3 Å². The van der Waals surface area contributed by atoms with Gasteiger partial charge in [0, 0.05) is 42.4 Å². The molecule has 3 heterocycles. The van der Waals surface area contributed by atoms with Gasteiger partial charge in [0.25, 0.3) is 11.8 Å². The fourth-order valence-corrected chi connectivity index (χ4v) is 4.06. The number of carbonyl (C=O) groups excluding carboxylic acids is 1. The van der Waals surface area contributed by atoms with Crippen molar-refractivity contribution in [3.63, 3.8) is 0 Å². The number of ether oxygens (including phenoxy) is 1. The van der Waals surface area contributed by atoms with Crippen molar-refractivity contribution in [1.82, 2.24) is 14.9 Å². The van der Waals surface area contributed by atoms with Crippen LogP contribution in [0.5, 0.6) is 5.88 Å². The number of alkyl halides is 2. The second-order valence-corrected chi connectivity index (χ2v) is 7.99. The van der Waals surface area contributed by atoms with Crippen molar-refractivity contribution < 1.29 is 18.3 Å². The predicted octanol–water partition coefficient (Wildman–Crippen LogP) is 5.23. The summed E-state index contributed by atoms with van der Waals surface area (Å²) in [6.07, 6.45) is 1.34. The maximum atomic E-state index is 14.8. The Hall–Kier alpha value is -3.87. The third-order valence-corrected chi connectivity index (χ3v) is 5.84. The molecule has 4 aromatic rings. The highest BCUT2D eigenvalue weighted by Crippen LogP contribution is 2.33. The number of likely N-dealkylation sites (tertiary alicyclic amines) is 1. The average molecular weight is 445 g/mol. The summed E-state index contributed by atoms with van der Waals surface area (Å²) in [7, 11) is 0. The van der Waals surface area contributed by atoms with E-state index in [9.17, 15) is 13.6 Å². The van der Waals surface area contributed by atoms with Crippen LogP contribution >= 0.6 is 0 Å². The molecule has 0 bridgehead atoms. The van der Waals surface area contributed by atoms with Crippen LogP contribution in [0, 0.1) is 0 Å².